The number of aliphatic hydroxyl groups excluding tert-OH is 8. The topological polar surface area (TPSA) is 228 Å². The smallest absolute Gasteiger partial charge is 0.220 e. The Hall–Kier alpha value is -3.61. The molecule has 14 heteroatoms. The number of nitrogens with one attached hydrogen (secondary N) is 1. The zero-order chi connectivity index (χ0) is 59.5. The first kappa shape index (κ1) is 74.5. The highest BCUT2D eigenvalue weighted by atomic mass is 16.7. The van der Waals surface area contributed by atoms with Gasteiger partial charge in [0, 0.05) is 6.42 Å². The maximum Gasteiger partial charge on any atom is 0.220 e. The Morgan fingerprint density at radius 2 is 0.854 bits per heavy atom. The van der Waals surface area contributed by atoms with E-state index in [2.05, 4.69) is 129 Å². The third-order valence-corrected chi connectivity index (χ3v) is 14.6. The number of carbonyl (C=O) groups is 1. The summed E-state index contributed by atoms with van der Waals surface area (Å²) in [6.45, 7) is 2.64. The predicted molar refractivity (Wildman–Crippen MR) is 332 cm³/mol. The summed E-state index contributed by atoms with van der Waals surface area (Å²) in [5, 5.41) is 87.2. The van der Waals surface area contributed by atoms with Crippen molar-refractivity contribution in [3.05, 3.63) is 122 Å². The summed E-state index contributed by atoms with van der Waals surface area (Å²) in [6.07, 6.45) is 58.0. The van der Waals surface area contributed by atoms with Crippen molar-refractivity contribution >= 4 is 5.91 Å². The van der Waals surface area contributed by atoms with Crippen LogP contribution >= 0.6 is 0 Å². The van der Waals surface area contributed by atoms with Crippen molar-refractivity contribution in [1.82, 2.24) is 5.32 Å². The molecule has 0 radical (unpaired) electrons. The van der Waals surface area contributed by atoms with Crippen molar-refractivity contribution in [2.75, 3.05) is 19.8 Å². The van der Waals surface area contributed by atoms with E-state index >= 15 is 0 Å². The van der Waals surface area contributed by atoms with E-state index in [1.54, 1.807) is 6.08 Å². The van der Waals surface area contributed by atoms with Gasteiger partial charge in [-0.1, -0.05) is 219 Å². The second-order valence-corrected chi connectivity index (χ2v) is 21.8. The largest absolute Gasteiger partial charge is 0.394 e. The molecule has 2 heterocycles. The van der Waals surface area contributed by atoms with Gasteiger partial charge in [0.2, 0.25) is 5.91 Å². The number of allylic oxidation sites excluding steroid dienone is 19. The van der Waals surface area contributed by atoms with E-state index in [1.807, 2.05) is 6.08 Å². The summed E-state index contributed by atoms with van der Waals surface area (Å²) in [5.74, 6) is -0.270. The Kier molecular flexibility index (Phi) is 47.0. The van der Waals surface area contributed by atoms with Gasteiger partial charge in [-0.25, -0.2) is 0 Å². The third-order valence-electron chi connectivity index (χ3n) is 14.6. The molecule has 82 heavy (non-hydrogen) atoms. The number of hydrogen-bond acceptors (Lipinski definition) is 13. The van der Waals surface area contributed by atoms with Crippen LogP contribution in [0.2, 0.25) is 0 Å². The molecule has 0 aromatic heterocycles. The van der Waals surface area contributed by atoms with Gasteiger partial charge in [0.05, 0.1) is 32.0 Å². The fraction of sp³-hybridized carbons (Fsp3) is 0.691. The van der Waals surface area contributed by atoms with Crippen LogP contribution in [0.4, 0.5) is 0 Å². The molecule has 2 saturated heterocycles. The van der Waals surface area contributed by atoms with Crippen molar-refractivity contribution < 1.29 is 64.6 Å². The molecule has 2 aliphatic heterocycles. The van der Waals surface area contributed by atoms with Crippen molar-refractivity contribution in [3.8, 4) is 0 Å². The van der Waals surface area contributed by atoms with Crippen LogP contribution < -0.4 is 5.32 Å². The van der Waals surface area contributed by atoms with Gasteiger partial charge < -0.3 is 65.1 Å². The zero-order valence-electron chi connectivity index (χ0n) is 50.4. The SMILES string of the molecule is CC/C=C\C/C=C\C/C=C\C/C=C\C/C=C\C/C=C\C/C=C\CCCCCCCCCC(=O)NC(COC1OC(CO)C(OC2OC(CO)C(O)C(O)C2O)C(O)C1O)C(O)/C=C/CC/C=C/CC/C=C/CCCCCCCCCCC. The highest BCUT2D eigenvalue weighted by Gasteiger charge is 2.51. The lowest BCUT2D eigenvalue weighted by Gasteiger charge is -2.46. The van der Waals surface area contributed by atoms with Crippen LogP contribution in [0, 0.1) is 0 Å². The van der Waals surface area contributed by atoms with E-state index < -0.39 is 86.8 Å². The minimum absolute atomic E-state index is 0.249. The number of amides is 1. The molecular formula is C68H113NO13. The molecule has 0 aliphatic carbocycles. The second-order valence-electron chi connectivity index (χ2n) is 21.8. The standard InChI is InChI=1S/C68H113NO13/c1-3-5-7-9-11-13-15-17-19-21-23-24-25-26-27-28-29-30-31-32-34-36-38-40-42-44-46-48-50-52-60(73)69-56(57(72)51-49-47-45-43-41-39-37-35-33-22-20-18-16-14-12-10-8-6-4-2)55-79-67-65(78)63(76)66(59(54-71)81-67)82-68-64(77)62(75)61(74)58(53-70)80-68/h5,7,11,13,17,19,23-24,26-27,29-30,32-35,41,43,49,51,56-59,61-68,70-72,74-78H,3-4,6,8-10,12,14-16,18,20-22,25,28,31,36-40,42,44-48,50,52-55H2,1-2H3,(H,69,73)/b7-5-,13-11-,19-17-,24-23-,27-26-,30-29-,34-32-,35-33+,43-41+,51-49+. The van der Waals surface area contributed by atoms with E-state index in [0.29, 0.717) is 12.8 Å². The van der Waals surface area contributed by atoms with E-state index in [-0.39, 0.29) is 18.9 Å². The Balaban J connectivity index is 1.76. The molecule has 12 unspecified atom stereocenters. The van der Waals surface area contributed by atoms with Gasteiger partial charge >= 0.3 is 0 Å². The predicted octanol–water partition coefficient (Wildman–Crippen LogP) is 11.8. The highest BCUT2D eigenvalue weighted by Crippen LogP contribution is 2.30. The van der Waals surface area contributed by atoms with Gasteiger partial charge in [0.25, 0.3) is 0 Å². The number of rotatable bonds is 49. The van der Waals surface area contributed by atoms with E-state index in [1.165, 1.54) is 57.8 Å². The van der Waals surface area contributed by atoms with Gasteiger partial charge in [0.1, 0.15) is 48.8 Å². The molecule has 0 spiro atoms. The molecule has 9 N–H and O–H groups in total. The van der Waals surface area contributed by atoms with Crippen LogP contribution in [0.3, 0.4) is 0 Å². The summed E-state index contributed by atoms with van der Waals surface area (Å²) < 4.78 is 22.8. The number of hydrogen-bond donors (Lipinski definition) is 9. The Bertz CT molecular complexity index is 1840. The van der Waals surface area contributed by atoms with Crippen molar-refractivity contribution in [3.63, 3.8) is 0 Å². The van der Waals surface area contributed by atoms with Gasteiger partial charge in [-0.2, -0.15) is 0 Å². The lowest BCUT2D eigenvalue weighted by molar-refractivity contribution is -0.359. The Morgan fingerprint density at radius 3 is 1.34 bits per heavy atom. The summed E-state index contributed by atoms with van der Waals surface area (Å²) in [5.41, 5.74) is 0. The van der Waals surface area contributed by atoms with Crippen molar-refractivity contribution in [2.45, 2.75) is 280 Å². The van der Waals surface area contributed by atoms with Crippen molar-refractivity contribution in [2.24, 2.45) is 0 Å². The van der Waals surface area contributed by atoms with Gasteiger partial charge in [0.15, 0.2) is 12.6 Å². The van der Waals surface area contributed by atoms with Crippen molar-refractivity contribution in [1.29, 1.82) is 0 Å². The molecule has 12 atom stereocenters. The quantitative estimate of drug-likeness (QED) is 0.0204. The summed E-state index contributed by atoms with van der Waals surface area (Å²) in [7, 11) is 0. The Morgan fingerprint density at radius 1 is 0.451 bits per heavy atom. The first-order chi connectivity index (χ1) is 40.1. The number of unbranched alkanes of at least 4 members (excludes halogenated alkanes) is 18. The Labute approximate surface area is 495 Å². The van der Waals surface area contributed by atoms with Gasteiger partial charge in [-0.3, -0.25) is 4.79 Å². The molecule has 1 amide bonds. The lowest BCUT2D eigenvalue weighted by Crippen LogP contribution is -2.65. The first-order valence-electron chi connectivity index (χ1n) is 31.8. The number of carbonyl (C=O) groups excluding carboxylic acids is 1. The zero-order valence-corrected chi connectivity index (χ0v) is 50.4. The van der Waals surface area contributed by atoms with E-state index in [0.717, 1.165) is 116 Å². The van der Waals surface area contributed by atoms with Gasteiger partial charge in [-0.05, 0) is 103 Å². The molecule has 0 bridgehead atoms. The maximum absolute atomic E-state index is 13.3. The number of aliphatic hydroxyl groups is 8. The third kappa shape index (κ3) is 36.3. The molecule has 468 valence electrons. The van der Waals surface area contributed by atoms with Crippen LogP contribution in [-0.4, -0.2) is 140 Å². The molecule has 2 rings (SSSR count). The fourth-order valence-corrected chi connectivity index (χ4v) is 9.54. The molecule has 2 aliphatic rings. The normalized spacial score (nSPS) is 24.8. The summed E-state index contributed by atoms with van der Waals surface area (Å²) in [4.78, 5) is 13.3. The maximum atomic E-state index is 13.3. The van der Waals surface area contributed by atoms with E-state index in [9.17, 15) is 45.6 Å². The van der Waals surface area contributed by atoms with Gasteiger partial charge in [-0.15, -0.1) is 0 Å². The first-order valence-corrected chi connectivity index (χ1v) is 31.8. The van der Waals surface area contributed by atoms with Crippen LogP contribution in [0.25, 0.3) is 0 Å². The molecule has 0 aromatic rings. The summed E-state index contributed by atoms with van der Waals surface area (Å²) >= 11 is 0. The lowest BCUT2D eigenvalue weighted by atomic mass is 9.97. The highest BCUT2D eigenvalue weighted by molar-refractivity contribution is 5.76. The van der Waals surface area contributed by atoms with Crippen LogP contribution in [0.5, 0.6) is 0 Å². The van der Waals surface area contributed by atoms with Crippen LogP contribution in [0.1, 0.15) is 206 Å². The number of ether oxygens (including phenoxy) is 4. The summed E-state index contributed by atoms with van der Waals surface area (Å²) in [6, 6.07) is -0.954. The van der Waals surface area contributed by atoms with Crippen LogP contribution in [-0.2, 0) is 23.7 Å². The van der Waals surface area contributed by atoms with Crippen LogP contribution in [0.15, 0.2) is 122 Å². The van der Waals surface area contributed by atoms with E-state index in [4.69, 9.17) is 18.9 Å². The minimum atomic E-state index is -1.80. The molecule has 0 saturated carbocycles. The average molecular weight is 1150 g/mol. The molecule has 14 nitrogen and oxygen atoms in total. The monoisotopic (exact) mass is 1150 g/mol. The average Bonchev–Trinajstić information content (AvgIpc) is 3.65. The minimum Gasteiger partial charge on any atom is -0.394 e. The molecular weight excluding hydrogens is 1040 g/mol. The second kappa shape index (κ2) is 51.8. The molecule has 0 aromatic carbocycles. The molecule has 2 fully saturated rings. The fourth-order valence-electron chi connectivity index (χ4n) is 9.54.